The van der Waals surface area contributed by atoms with Crippen LogP contribution in [0.25, 0.3) is 0 Å². The van der Waals surface area contributed by atoms with Gasteiger partial charge in [0.15, 0.2) is 0 Å². The van der Waals surface area contributed by atoms with Gasteiger partial charge in [-0.2, -0.15) is 0 Å². The lowest BCUT2D eigenvalue weighted by Crippen LogP contribution is -2.26. The van der Waals surface area contributed by atoms with Gasteiger partial charge in [0, 0.05) is 12.2 Å². The van der Waals surface area contributed by atoms with Crippen LogP contribution in [-0.2, 0) is 11.2 Å². The largest absolute Gasteiger partial charge is 0.351 e. The van der Waals surface area contributed by atoms with E-state index in [1.54, 1.807) is 0 Å². The standard InChI is InChI=1S/C18H20N2O2S/c1-3-12-4-5-15-14(10-12)13(17(21)20-15)6-8-19-18(22)16-11(2)7-9-23-16/h4-5,7,9-10,13H,3,6,8H2,1-2H3,(H,19,22)(H,20,21)/t13-/m0/s1. The molecule has 1 aliphatic rings. The van der Waals surface area contributed by atoms with E-state index in [9.17, 15) is 9.59 Å². The number of hydrogen-bond acceptors (Lipinski definition) is 3. The molecule has 2 N–H and O–H groups in total. The molecule has 5 heteroatoms. The molecule has 0 radical (unpaired) electrons. The Hall–Kier alpha value is -2.14. The predicted octanol–water partition coefficient (Wildman–Crippen LogP) is 3.47. The summed E-state index contributed by atoms with van der Waals surface area (Å²) in [4.78, 5) is 25.0. The second kappa shape index (κ2) is 6.54. The van der Waals surface area contributed by atoms with Gasteiger partial charge < -0.3 is 10.6 Å². The van der Waals surface area contributed by atoms with Crippen LogP contribution in [0.15, 0.2) is 29.6 Å². The Bertz CT molecular complexity index is 751. The fourth-order valence-corrected chi connectivity index (χ4v) is 3.74. The molecular weight excluding hydrogens is 308 g/mol. The van der Waals surface area contributed by atoms with Crippen molar-refractivity contribution < 1.29 is 9.59 Å². The van der Waals surface area contributed by atoms with Crippen LogP contribution in [0.2, 0.25) is 0 Å². The molecule has 0 spiro atoms. The van der Waals surface area contributed by atoms with Crippen molar-refractivity contribution in [3.63, 3.8) is 0 Å². The van der Waals surface area contributed by atoms with Crippen LogP contribution < -0.4 is 10.6 Å². The molecule has 0 saturated heterocycles. The van der Waals surface area contributed by atoms with Crippen LogP contribution in [0.1, 0.15) is 45.6 Å². The summed E-state index contributed by atoms with van der Waals surface area (Å²) in [6, 6.07) is 8.05. The fraction of sp³-hybridized carbons (Fsp3) is 0.333. The molecule has 23 heavy (non-hydrogen) atoms. The van der Waals surface area contributed by atoms with Gasteiger partial charge in [-0.1, -0.05) is 19.1 Å². The Balaban J connectivity index is 1.64. The summed E-state index contributed by atoms with van der Waals surface area (Å²) in [7, 11) is 0. The lowest BCUT2D eigenvalue weighted by Gasteiger charge is -2.10. The van der Waals surface area contributed by atoms with Crippen molar-refractivity contribution in [1.82, 2.24) is 5.32 Å². The second-order valence-corrected chi connectivity index (χ2v) is 6.71. The molecule has 1 aliphatic heterocycles. The molecule has 120 valence electrons. The lowest BCUT2D eigenvalue weighted by atomic mass is 9.95. The summed E-state index contributed by atoms with van der Waals surface area (Å²) < 4.78 is 0. The first-order chi connectivity index (χ1) is 11.1. The minimum Gasteiger partial charge on any atom is -0.351 e. The SMILES string of the molecule is CCc1ccc2c(c1)[C@H](CCNC(=O)c1sccc1C)C(=O)N2. The van der Waals surface area contributed by atoms with Crippen molar-refractivity contribution in [1.29, 1.82) is 0 Å². The van der Waals surface area contributed by atoms with E-state index in [1.165, 1.54) is 16.9 Å². The van der Waals surface area contributed by atoms with Crippen LogP contribution in [0.3, 0.4) is 0 Å². The van der Waals surface area contributed by atoms with Crippen LogP contribution in [0.4, 0.5) is 5.69 Å². The number of nitrogens with one attached hydrogen (secondary N) is 2. The van der Waals surface area contributed by atoms with Crippen LogP contribution in [0, 0.1) is 6.92 Å². The summed E-state index contributed by atoms with van der Waals surface area (Å²) in [5.74, 6) is -0.213. The first-order valence-corrected chi connectivity index (χ1v) is 8.74. The van der Waals surface area contributed by atoms with E-state index in [0.717, 1.165) is 28.1 Å². The highest BCUT2D eigenvalue weighted by molar-refractivity contribution is 7.12. The third kappa shape index (κ3) is 3.15. The fourth-order valence-electron chi connectivity index (χ4n) is 2.90. The Labute approximate surface area is 139 Å². The third-order valence-corrected chi connectivity index (χ3v) is 5.28. The minimum absolute atomic E-state index is 0.0230. The van der Waals surface area contributed by atoms with E-state index in [1.807, 2.05) is 30.5 Å². The Morgan fingerprint density at radius 3 is 2.87 bits per heavy atom. The molecule has 4 nitrogen and oxygen atoms in total. The highest BCUT2D eigenvalue weighted by Crippen LogP contribution is 2.35. The van der Waals surface area contributed by atoms with Crippen molar-refractivity contribution in [3.05, 3.63) is 51.2 Å². The quantitative estimate of drug-likeness (QED) is 0.883. The number of carbonyl (C=O) groups excluding carboxylic acids is 2. The van der Waals surface area contributed by atoms with Gasteiger partial charge in [-0.05, 0) is 54.0 Å². The number of hydrogen-bond donors (Lipinski definition) is 2. The summed E-state index contributed by atoms with van der Waals surface area (Å²) in [6.45, 7) is 4.52. The highest BCUT2D eigenvalue weighted by Gasteiger charge is 2.30. The molecular formula is C18H20N2O2S. The first kappa shape index (κ1) is 15.7. The Kier molecular flexibility index (Phi) is 4.48. The Morgan fingerprint density at radius 2 is 2.17 bits per heavy atom. The number of thiophene rings is 1. The zero-order valence-corrected chi connectivity index (χ0v) is 14.1. The monoisotopic (exact) mass is 328 g/mol. The van der Waals surface area contributed by atoms with E-state index in [0.29, 0.717) is 13.0 Å². The van der Waals surface area contributed by atoms with E-state index in [2.05, 4.69) is 23.6 Å². The van der Waals surface area contributed by atoms with Gasteiger partial charge >= 0.3 is 0 Å². The highest BCUT2D eigenvalue weighted by atomic mass is 32.1. The van der Waals surface area contributed by atoms with E-state index >= 15 is 0 Å². The van der Waals surface area contributed by atoms with Gasteiger partial charge in [0.25, 0.3) is 5.91 Å². The zero-order valence-electron chi connectivity index (χ0n) is 13.3. The average Bonchev–Trinajstić information content (AvgIpc) is 3.10. The lowest BCUT2D eigenvalue weighted by molar-refractivity contribution is -0.117. The molecule has 0 unspecified atom stereocenters. The summed E-state index contributed by atoms with van der Waals surface area (Å²) in [6.07, 6.45) is 1.56. The molecule has 2 amide bonds. The number of anilines is 1. The van der Waals surface area contributed by atoms with Gasteiger partial charge in [-0.15, -0.1) is 11.3 Å². The molecule has 3 rings (SSSR count). The van der Waals surface area contributed by atoms with Gasteiger partial charge in [-0.25, -0.2) is 0 Å². The second-order valence-electron chi connectivity index (χ2n) is 5.79. The minimum atomic E-state index is -0.179. The van der Waals surface area contributed by atoms with Crippen molar-refractivity contribution in [2.24, 2.45) is 0 Å². The molecule has 0 saturated carbocycles. The van der Waals surface area contributed by atoms with Crippen molar-refractivity contribution in [2.45, 2.75) is 32.6 Å². The van der Waals surface area contributed by atoms with Crippen molar-refractivity contribution >= 4 is 28.8 Å². The van der Waals surface area contributed by atoms with Crippen LogP contribution >= 0.6 is 11.3 Å². The maximum absolute atomic E-state index is 12.2. The van der Waals surface area contributed by atoms with Gasteiger partial charge in [0.2, 0.25) is 5.91 Å². The molecule has 1 aromatic carbocycles. The van der Waals surface area contributed by atoms with Gasteiger partial charge in [-0.3, -0.25) is 9.59 Å². The number of rotatable bonds is 5. The maximum atomic E-state index is 12.2. The normalized spacial score (nSPS) is 16.1. The predicted molar refractivity (Wildman–Crippen MR) is 93.2 cm³/mol. The molecule has 0 aliphatic carbocycles. The zero-order chi connectivity index (χ0) is 16.4. The van der Waals surface area contributed by atoms with E-state index in [4.69, 9.17) is 0 Å². The number of amides is 2. The average molecular weight is 328 g/mol. The van der Waals surface area contributed by atoms with E-state index < -0.39 is 0 Å². The summed E-state index contributed by atoms with van der Waals surface area (Å²) >= 11 is 1.44. The molecule has 1 atom stereocenters. The molecule has 0 bridgehead atoms. The molecule has 0 fully saturated rings. The van der Waals surface area contributed by atoms with Crippen molar-refractivity contribution in [2.75, 3.05) is 11.9 Å². The summed E-state index contributed by atoms with van der Waals surface area (Å²) in [5, 5.41) is 7.76. The molecule has 2 heterocycles. The smallest absolute Gasteiger partial charge is 0.261 e. The first-order valence-electron chi connectivity index (χ1n) is 7.86. The molecule has 2 aromatic rings. The van der Waals surface area contributed by atoms with Gasteiger partial charge in [0.05, 0.1) is 10.8 Å². The van der Waals surface area contributed by atoms with Crippen LogP contribution in [-0.4, -0.2) is 18.4 Å². The third-order valence-electron chi connectivity index (χ3n) is 4.26. The van der Waals surface area contributed by atoms with E-state index in [-0.39, 0.29) is 17.7 Å². The topological polar surface area (TPSA) is 58.2 Å². The summed E-state index contributed by atoms with van der Waals surface area (Å²) in [5.41, 5.74) is 4.17. The number of aryl methyl sites for hydroxylation is 2. The van der Waals surface area contributed by atoms with Crippen LogP contribution in [0.5, 0.6) is 0 Å². The number of carbonyl (C=O) groups is 2. The maximum Gasteiger partial charge on any atom is 0.261 e. The van der Waals surface area contributed by atoms with Gasteiger partial charge in [0.1, 0.15) is 0 Å². The number of benzene rings is 1. The Morgan fingerprint density at radius 1 is 1.35 bits per heavy atom. The van der Waals surface area contributed by atoms with Crippen molar-refractivity contribution in [3.8, 4) is 0 Å². The number of fused-ring (bicyclic) bond motifs is 1. The molecule has 1 aromatic heterocycles.